The summed E-state index contributed by atoms with van der Waals surface area (Å²) in [6.07, 6.45) is 7.08. The van der Waals surface area contributed by atoms with Gasteiger partial charge < -0.3 is 4.57 Å². The summed E-state index contributed by atoms with van der Waals surface area (Å²) in [5.41, 5.74) is 1.72. The van der Waals surface area contributed by atoms with Crippen LogP contribution >= 0.6 is 0 Å². The van der Waals surface area contributed by atoms with E-state index >= 15 is 0 Å². The van der Waals surface area contributed by atoms with Crippen LogP contribution in [-0.2, 0) is 6.54 Å². The molecule has 2 rings (SSSR count). The zero-order valence-electron chi connectivity index (χ0n) is 7.36. The van der Waals surface area contributed by atoms with Gasteiger partial charge >= 0.3 is 0 Å². The van der Waals surface area contributed by atoms with Crippen molar-refractivity contribution in [3.05, 3.63) is 24.2 Å². The van der Waals surface area contributed by atoms with Crippen LogP contribution in [-0.4, -0.2) is 14.5 Å². The molecule has 2 aromatic heterocycles. The highest BCUT2D eigenvalue weighted by Gasteiger charge is 2.06. The van der Waals surface area contributed by atoms with Crippen molar-refractivity contribution in [2.45, 2.75) is 13.5 Å². The van der Waals surface area contributed by atoms with Crippen molar-refractivity contribution in [3.8, 4) is 12.3 Å². The van der Waals surface area contributed by atoms with Crippen LogP contribution in [0.4, 0.5) is 0 Å². The number of aryl methyl sites for hydroxylation is 1. The number of pyridine rings is 1. The average molecular weight is 171 g/mol. The van der Waals surface area contributed by atoms with Gasteiger partial charge in [-0.1, -0.05) is 0 Å². The molecule has 0 fully saturated rings. The lowest BCUT2D eigenvalue weighted by atomic mass is 10.4. The molecule has 3 heteroatoms. The molecule has 0 aromatic carbocycles. The maximum atomic E-state index is 5.33. The number of hydrogen-bond donors (Lipinski definition) is 0. The van der Waals surface area contributed by atoms with Crippen molar-refractivity contribution in [2.24, 2.45) is 0 Å². The second-order valence-electron chi connectivity index (χ2n) is 2.67. The molecule has 0 spiro atoms. The first kappa shape index (κ1) is 7.81. The highest BCUT2D eigenvalue weighted by Crippen LogP contribution is 2.11. The summed E-state index contributed by atoms with van der Waals surface area (Å²) in [5.74, 6) is 3.20. The maximum Gasteiger partial charge on any atom is 0.187 e. The molecule has 0 N–H and O–H groups in total. The summed E-state index contributed by atoms with van der Waals surface area (Å²) < 4.78 is 1.93. The quantitative estimate of drug-likeness (QED) is 0.608. The summed E-state index contributed by atoms with van der Waals surface area (Å²) in [6.45, 7) is 2.82. The van der Waals surface area contributed by atoms with Gasteiger partial charge in [-0.25, -0.2) is 9.97 Å². The van der Waals surface area contributed by atoms with Crippen molar-refractivity contribution in [1.82, 2.24) is 14.5 Å². The van der Waals surface area contributed by atoms with Gasteiger partial charge in [-0.15, -0.1) is 6.42 Å². The van der Waals surface area contributed by atoms with Gasteiger partial charge in [0.05, 0.1) is 0 Å². The minimum Gasteiger partial charge on any atom is -0.302 e. The van der Waals surface area contributed by atoms with E-state index in [9.17, 15) is 0 Å². The van der Waals surface area contributed by atoms with E-state index in [4.69, 9.17) is 6.42 Å². The molecule has 64 valence electrons. The molecule has 0 bridgehead atoms. The zero-order valence-corrected chi connectivity index (χ0v) is 7.36. The van der Waals surface area contributed by atoms with E-state index in [0.29, 0.717) is 5.82 Å². The fourth-order valence-corrected chi connectivity index (χ4v) is 1.37. The molecule has 0 amide bonds. The number of imidazole rings is 1. The standard InChI is InChI=1S/C10H9N3/c1-3-9-12-8-6-5-7-11-10(8)13(9)4-2/h1,5-7H,4H2,2H3. The predicted molar refractivity (Wildman–Crippen MR) is 51.1 cm³/mol. The molecule has 0 saturated carbocycles. The highest BCUT2D eigenvalue weighted by atomic mass is 15.1. The first-order chi connectivity index (χ1) is 6.36. The number of terminal acetylenes is 1. The maximum absolute atomic E-state index is 5.33. The largest absolute Gasteiger partial charge is 0.302 e. The van der Waals surface area contributed by atoms with Crippen LogP contribution in [0.5, 0.6) is 0 Å². The smallest absolute Gasteiger partial charge is 0.187 e. The van der Waals surface area contributed by atoms with Crippen LogP contribution in [0.2, 0.25) is 0 Å². The summed E-state index contributed by atoms with van der Waals surface area (Å²) in [7, 11) is 0. The number of fused-ring (bicyclic) bond motifs is 1. The van der Waals surface area contributed by atoms with Gasteiger partial charge in [-0.05, 0) is 25.0 Å². The van der Waals surface area contributed by atoms with Gasteiger partial charge in [-0.2, -0.15) is 0 Å². The monoisotopic (exact) mass is 171 g/mol. The Morgan fingerprint density at radius 2 is 2.46 bits per heavy atom. The minimum absolute atomic E-state index is 0.649. The molecular weight excluding hydrogens is 162 g/mol. The normalized spacial score (nSPS) is 10.2. The van der Waals surface area contributed by atoms with Crippen LogP contribution < -0.4 is 0 Å². The second kappa shape index (κ2) is 2.91. The summed E-state index contributed by atoms with van der Waals surface area (Å²) in [6, 6.07) is 3.77. The Labute approximate surface area is 76.4 Å². The van der Waals surface area contributed by atoms with Crippen LogP contribution in [0.3, 0.4) is 0 Å². The molecule has 0 aliphatic heterocycles. The van der Waals surface area contributed by atoms with E-state index in [1.54, 1.807) is 6.20 Å². The van der Waals surface area contributed by atoms with Gasteiger partial charge in [0.1, 0.15) is 5.52 Å². The Bertz CT molecular complexity index is 476. The number of nitrogens with zero attached hydrogens (tertiary/aromatic N) is 3. The fraction of sp³-hybridized carbons (Fsp3) is 0.200. The molecule has 0 aliphatic carbocycles. The molecule has 0 saturated heterocycles. The van der Waals surface area contributed by atoms with Crippen molar-refractivity contribution in [1.29, 1.82) is 0 Å². The number of aromatic nitrogens is 3. The van der Waals surface area contributed by atoms with E-state index in [2.05, 4.69) is 15.9 Å². The van der Waals surface area contributed by atoms with Gasteiger partial charge in [-0.3, -0.25) is 0 Å². The van der Waals surface area contributed by atoms with Gasteiger partial charge in [0, 0.05) is 12.7 Å². The topological polar surface area (TPSA) is 30.7 Å². The van der Waals surface area contributed by atoms with Crippen molar-refractivity contribution < 1.29 is 0 Å². The van der Waals surface area contributed by atoms with Crippen molar-refractivity contribution >= 4 is 11.2 Å². The Morgan fingerprint density at radius 1 is 1.62 bits per heavy atom. The van der Waals surface area contributed by atoms with Crippen LogP contribution in [0, 0.1) is 12.3 Å². The zero-order chi connectivity index (χ0) is 9.26. The molecule has 2 aromatic rings. The van der Waals surface area contributed by atoms with Gasteiger partial charge in [0.25, 0.3) is 0 Å². The van der Waals surface area contributed by atoms with Crippen LogP contribution in [0.25, 0.3) is 11.2 Å². The van der Waals surface area contributed by atoms with E-state index < -0.39 is 0 Å². The van der Waals surface area contributed by atoms with Crippen LogP contribution in [0.15, 0.2) is 18.3 Å². The molecule has 13 heavy (non-hydrogen) atoms. The molecule has 0 atom stereocenters. The molecule has 0 unspecified atom stereocenters. The average Bonchev–Trinajstić information content (AvgIpc) is 2.55. The highest BCUT2D eigenvalue weighted by molar-refractivity contribution is 5.72. The minimum atomic E-state index is 0.649. The third kappa shape index (κ3) is 1.07. The molecule has 2 heterocycles. The SMILES string of the molecule is C#Cc1nc2cccnc2n1CC. The molecule has 0 aliphatic rings. The summed E-state index contributed by atoms with van der Waals surface area (Å²) in [4.78, 5) is 8.49. The summed E-state index contributed by atoms with van der Waals surface area (Å²) in [5, 5.41) is 0. The predicted octanol–water partition coefficient (Wildman–Crippen LogP) is 1.43. The lowest BCUT2D eigenvalue weighted by Gasteiger charge is -1.98. The molecule has 0 radical (unpaired) electrons. The van der Waals surface area contributed by atoms with Gasteiger partial charge in [0.15, 0.2) is 11.5 Å². The number of hydrogen-bond acceptors (Lipinski definition) is 2. The number of rotatable bonds is 1. The van der Waals surface area contributed by atoms with E-state index in [1.807, 2.05) is 23.6 Å². The van der Waals surface area contributed by atoms with Gasteiger partial charge in [0.2, 0.25) is 0 Å². The Morgan fingerprint density at radius 3 is 3.15 bits per heavy atom. The van der Waals surface area contributed by atoms with Crippen molar-refractivity contribution in [3.63, 3.8) is 0 Å². The Hall–Kier alpha value is -1.82. The third-order valence-corrected chi connectivity index (χ3v) is 1.95. The second-order valence-corrected chi connectivity index (χ2v) is 2.67. The molecule has 3 nitrogen and oxygen atoms in total. The first-order valence-corrected chi connectivity index (χ1v) is 4.14. The van der Waals surface area contributed by atoms with Crippen LogP contribution in [0.1, 0.15) is 12.7 Å². The molecular formula is C10H9N3. The first-order valence-electron chi connectivity index (χ1n) is 4.14. The van der Waals surface area contributed by atoms with E-state index in [1.165, 1.54) is 0 Å². The Kier molecular flexibility index (Phi) is 1.75. The fourth-order valence-electron chi connectivity index (χ4n) is 1.37. The van der Waals surface area contributed by atoms with E-state index in [-0.39, 0.29) is 0 Å². The Balaban J connectivity index is 2.83. The summed E-state index contributed by atoms with van der Waals surface area (Å²) >= 11 is 0. The lowest BCUT2D eigenvalue weighted by Crippen LogP contribution is -1.98. The lowest BCUT2D eigenvalue weighted by molar-refractivity contribution is 0.766. The third-order valence-electron chi connectivity index (χ3n) is 1.95. The van der Waals surface area contributed by atoms with E-state index in [0.717, 1.165) is 17.7 Å². The van der Waals surface area contributed by atoms with Crippen molar-refractivity contribution in [2.75, 3.05) is 0 Å².